The van der Waals surface area contributed by atoms with Crippen LogP contribution in [0.4, 0.5) is 9.59 Å². The lowest BCUT2D eigenvalue weighted by Gasteiger charge is -2.27. The number of rotatable bonds is 5. The van der Waals surface area contributed by atoms with E-state index in [0.29, 0.717) is 19.6 Å². The van der Waals surface area contributed by atoms with Gasteiger partial charge in [0.15, 0.2) is 0 Å². The Hall–Kier alpha value is -5.32. The predicted molar refractivity (Wildman–Crippen MR) is 199 cm³/mol. The number of aromatic amines is 2. The number of benzene rings is 3. The average molecular weight is 703 g/mol. The first kappa shape index (κ1) is 33.8. The van der Waals surface area contributed by atoms with Gasteiger partial charge in [-0.05, 0) is 114 Å². The minimum absolute atomic E-state index is 0.143. The smallest absolute Gasteiger partial charge is 0.410 e. The van der Waals surface area contributed by atoms with Gasteiger partial charge in [-0.2, -0.15) is 0 Å². The van der Waals surface area contributed by atoms with Gasteiger partial charge in [-0.3, -0.25) is 4.90 Å². The predicted octanol–water partition coefficient (Wildman–Crippen LogP) is 8.81. The molecule has 0 spiro atoms. The molecule has 1 aliphatic carbocycles. The topological polar surface area (TPSA) is 134 Å². The van der Waals surface area contributed by atoms with Crippen molar-refractivity contribution in [1.82, 2.24) is 30.2 Å². The van der Waals surface area contributed by atoms with Gasteiger partial charge in [0, 0.05) is 18.5 Å². The summed E-state index contributed by atoms with van der Waals surface area (Å²) in [7, 11) is 0. The molecule has 3 N–H and O–H groups in total. The highest BCUT2D eigenvalue weighted by atomic mass is 16.6. The number of aromatic nitrogens is 4. The number of likely N-dealkylation sites (tertiary alicyclic amines) is 1. The number of carbonyl (C=O) groups is 2. The second-order valence-electron chi connectivity index (χ2n) is 16.2. The zero-order valence-electron chi connectivity index (χ0n) is 30.7. The summed E-state index contributed by atoms with van der Waals surface area (Å²) in [6.07, 6.45) is 3.32. The van der Waals surface area contributed by atoms with E-state index in [2.05, 4.69) is 69.9 Å². The summed E-state index contributed by atoms with van der Waals surface area (Å²) in [4.78, 5) is 44.1. The molecule has 0 radical (unpaired) electrons. The van der Waals surface area contributed by atoms with E-state index < -0.39 is 22.8 Å². The molecule has 3 aliphatic rings. The van der Waals surface area contributed by atoms with Crippen molar-refractivity contribution in [3.63, 3.8) is 0 Å². The van der Waals surface area contributed by atoms with Crippen molar-refractivity contribution in [3.8, 4) is 39.3 Å². The Morgan fingerprint density at radius 3 is 2.23 bits per heavy atom. The highest BCUT2D eigenvalue weighted by Crippen LogP contribution is 2.45. The second kappa shape index (κ2) is 12.4. The first-order valence-electron chi connectivity index (χ1n) is 18.2. The number of nitrogens with zero attached hydrogens (tertiary/aromatic N) is 3. The molecule has 8 rings (SSSR count). The van der Waals surface area contributed by atoms with E-state index in [1.807, 2.05) is 47.6 Å². The van der Waals surface area contributed by atoms with Crippen molar-refractivity contribution in [3.05, 3.63) is 78.0 Å². The van der Waals surface area contributed by atoms with Gasteiger partial charge in [0.1, 0.15) is 34.1 Å². The summed E-state index contributed by atoms with van der Waals surface area (Å²) < 4.78 is 17.4. The molecular weight excluding hydrogens is 656 g/mol. The highest BCUT2D eigenvalue weighted by Gasteiger charge is 2.49. The van der Waals surface area contributed by atoms with Crippen molar-refractivity contribution in [2.75, 3.05) is 13.2 Å². The fourth-order valence-corrected chi connectivity index (χ4v) is 7.18. The maximum absolute atomic E-state index is 13.0. The third kappa shape index (κ3) is 6.71. The number of imidazole rings is 2. The van der Waals surface area contributed by atoms with E-state index in [4.69, 9.17) is 24.2 Å². The van der Waals surface area contributed by atoms with Crippen molar-refractivity contribution >= 4 is 23.2 Å². The van der Waals surface area contributed by atoms with E-state index in [9.17, 15) is 9.59 Å². The van der Waals surface area contributed by atoms with Gasteiger partial charge in [-0.15, -0.1) is 0 Å². The molecular formula is C41H46N6O5. The molecule has 2 amide bonds. The number of carbonyl (C=O) groups excluding carboxylic acids is 2. The number of ether oxygens (including phenoxy) is 3. The molecule has 3 aromatic carbocycles. The molecule has 1 saturated carbocycles. The summed E-state index contributed by atoms with van der Waals surface area (Å²) in [5.41, 5.74) is 7.31. The zero-order valence-corrected chi connectivity index (χ0v) is 30.7. The number of fused-ring (bicyclic) bond motifs is 4. The molecule has 1 atom stereocenters. The Kier molecular flexibility index (Phi) is 8.08. The molecule has 2 aromatic heterocycles. The minimum Gasteiger partial charge on any atom is -0.492 e. The van der Waals surface area contributed by atoms with Gasteiger partial charge in [0.2, 0.25) is 0 Å². The summed E-state index contributed by atoms with van der Waals surface area (Å²) in [6.45, 7) is 12.4. The third-order valence-electron chi connectivity index (χ3n) is 9.82. The van der Waals surface area contributed by atoms with Gasteiger partial charge in [-0.25, -0.2) is 19.6 Å². The fourth-order valence-electron chi connectivity index (χ4n) is 7.18. The Morgan fingerprint density at radius 1 is 0.865 bits per heavy atom. The van der Waals surface area contributed by atoms with Crippen molar-refractivity contribution in [2.45, 2.75) is 96.4 Å². The van der Waals surface area contributed by atoms with Gasteiger partial charge in [0.05, 0.1) is 35.1 Å². The fraction of sp³-hybridized carbons (Fsp3) is 0.415. The summed E-state index contributed by atoms with van der Waals surface area (Å²) in [5.74, 6) is 2.36. The standard InChI is InChI=1S/C41H46N6O5/c1-39(2,3)51-37(48)46-41(18-19-41)36-43-29-16-14-26(22-31(29)44-36)24-9-11-25(12-10-24)27-13-15-28-33(23-27)50-21-17-30-34(28)45-35(42-30)32-8-7-20-47(32)38(49)52-40(4,5)6/h9-16,22-23,32H,7-8,17-21H2,1-6H3,(H,42,45)(H,43,44)(H,46,48)/t32-/m0/s1. The molecule has 11 heteroatoms. The molecule has 11 nitrogen and oxygen atoms in total. The number of nitrogens with one attached hydrogen (secondary N) is 3. The lowest BCUT2D eigenvalue weighted by Crippen LogP contribution is -2.39. The van der Waals surface area contributed by atoms with Gasteiger partial charge in [0.25, 0.3) is 0 Å². The van der Waals surface area contributed by atoms with Crippen LogP contribution in [0.1, 0.15) is 90.6 Å². The Labute approximate surface area is 303 Å². The first-order chi connectivity index (χ1) is 24.7. The number of alkyl carbamates (subject to hydrolysis) is 1. The maximum Gasteiger partial charge on any atom is 0.410 e. The molecule has 2 aliphatic heterocycles. The maximum atomic E-state index is 13.0. The Balaban J connectivity index is 0.996. The van der Waals surface area contributed by atoms with E-state index in [1.54, 1.807) is 4.90 Å². The molecule has 270 valence electrons. The first-order valence-corrected chi connectivity index (χ1v) is 18.2. The quantitative estimate of drug-likeness (QED) is 0.167. The van der Waals surface area contributed by atoms with E-state index in [-0.39, 0.29) is 12.1 Å². The molecule has 0 bridgehead atoms. The largest absolute Gasteiger partial charge is 0.492 e. The monoisotopic (exact) mass is 702 g/mol. The van der Waals surface area contributed by atoms with Crippen LogP contribution < -0.4 is 10.1 Å². The molecule has 5 aromatic rings. The Morgan fingerprint density at radius 2 is 1.54 bits per heavy atom. The summed E-state index contributed by atoms with van der Waals surface area (Å²) >= 11 is 0. The summed E-state index contributed by atoms with van der Waals surface area (Å²) in [6, 6.07) is 20.9. The van der Waals surface area contributed by atoms with Crippen LogP contribution in [0.2, 0.25) is 0 Å². The minimum atomic E-state index is -0.565. The van der Waals surface area contributed by atoms with Crippen LogP contribution in [0, 0.1) is 0 Å². The zero-order chi connectivity index (χ0) is 36.4. The van der Waals surface area contributed by atoms with Gasteiger partial charge < -0.3 is 29.5 Å². The SMILES string of the molecule is CC(C)(C)OC(=O)NC1(c2nc3ccc(-c4ccc(-c5ccc6c(c5)OCCc5nc([C@@H]7CCCN7C(=O)OC(C)(C)C)[nH]c5-6)cc4)cc3[nH]2)CC1. The summed E-state index contributed by atoms with van der Waals surface area (Å²) in [5, 5.41) is 3.03. The third-order valence-corrected chi connectivity index (χ3v) is 9.82. The van der Waals surface area contributed by atoms with Crippen LogP contribution in [0.25, 0.3) is 44.5 Å². The van der Waals surface area contributed by atoms with Crippen LogP contribution in [0.3, 0.4) is 0 Å². The van der Waals surface area contributed by atoms with E-state index in [1.165, 1.54) is 0 Å². The molecule has 52 heavy (non-hydrogen) atoms. The van der Waals surface area contributed by atoms with E-state index >= 15 is 0 Å². The van der Waals surface area contributed by atoms with E-state index in [0.717, 1.165) is 93.3 Å². The van der Waals surface area contributed by atoms with Crippen LogP contribution in [0.5, 0.6) is 5.75 Å². The van der Waals surface area contributed by atoms with Crippen LogP contribution in [0.15, 0.2) is 60.7 Å². The normalized spacial score (nSPS) is 17.9. The lowest BCUT2D eigenvalue weighted by atomic mass is 9.98. The van der Waals surface area contributed by atoms with Crippen molar-refractivity contribution < 1.29 is 23.8 Å². The highest BCUT2D eigenvalue weighted by molar-refractivity contribution is 5.84. The molecule has 2 fully saturated rings. The molecule has 4 heterocycles. The van der Waals surface area contributed by atoms with Crippen LogP contribution in [-0.4, -0.2) is 61.4 Å². The van der Waals surface area contributed by atoms with Gasteiger partial charge >= 0.3 is 12.2 Å². The van der Waals surface area contributed by atoms with Gasteiger partial charge in [-0.1, -0.05) is 36.4 Å². The molecule has 0 unspecified atom stereocenters. The average Bonchev–Trinajstić information content (AvgIpc) is 3.40. The second-order valence-corrected chi connectivity index (χ2v) is 16.2. The lowest BCUT2D eigenvalue weighted by molar-refractivity contribution is 0.0218. The number of amides is 2. The van der Waals surface area contributed by atoms with Crippen molar-refractivity contribution in [1.29, 1.82) is 0 Å². The van der Waals surface area contributed by atoms with Crippen LogP contribution in [-0.2, 0) is 21.4 Å². The number of hydrogen-bond donors (Lipinski definition) is 3. The van der Waals surface area contributed by atoms with Crippen molar-refractivity contribution in [2.24, 2.45) is 0 Å². The van der Waals surface area contributed by atoms with Crippen LogP contribution >= 0.6 is 0 Å². The number of hydrogen-bond acceptors (Lipinski definition) is 7. The Bertz CT molecular complexity index is 2170. The molecule has 1 saturated heterocycles. The number of H-pyrrole nitrogens is 2.